The van der Waals surface area contributed by atoms with Gasteiger partial charge in [0.2, 0.25) is 17.7 Å². The highest BCUT2D eigenvalue weighted by atomic mass is 16.5. The van der Waals surface area contributed by atoms with Crippen molar-refractivity contribution in [2.75, 3.05) is 37.5 Å². The molecule has 9 heteroatoms. The molecule has 2 N–H and O–H groups in total. The van der Waals surface area contributed by atoms with Crippen molar-refractivity contribution in [1.29, 1.82) is 0 Å². The highest BCUT2D eigenvalue weighted by molar-refractivity contribution is 6.03. The first-order chi connectivity index (χ1) is 15.4. The Bertz CT molecular complexity index is 1010. The highest BCUT2D eigenvalue weighted by Gasteiger charge is 2.35. The maximum absolute atomic E-state index is 12.7. The van der Waals surface area contributed by atoms with Crippen LogP contribution in [-0.2, 0) is 30.3 Å². The van der Waals surface area contributed by atoms with Crippen LogP contribution in [0.3, 0.4) is 0 Å². The molecule has 0 spiro atoms. The number of hydrogen-bond donors (Lipinski definition) is 2. The maximum Gasteiger partial charge on any atom is 0.325 e. The summed E-state index contributed by atoms with van der Waals surface area (Å²) in [6, 6.07) is 14.0. The second-order valence-corrected chi connectivity index (χ2v) is 7.32. The number of esters is 1. The van der Waals surface area contributed by atoms with E-state index in [1.807, 2.05) is 0 Å². The number of ether oxygens (including phenoxy) is 2. The van der Waals surface area contributed by atoms with Gasteiger partial charge in [-0.2, -0.15) is 0 Å². The van der Waals surface area contributed by atoms with E-state index in [1.165, 1.54) is 7.11 Å². The van der Waals surface area contributed by atoms with Gasteiger partial charge in [0.1, 0.15) is 12.3 Å². The quantitative estimate of drug-likeness (QED) is 0.603. The molecule has 0 aliphatic carbocycles. The summed E-state index contributed by atoms with van der Waals surface area (Å²) in [4.78, 5) is 49.6. The van der Waals surface area contributed by atoms with E-state index in [4.69, 9.17) is 4.74 Å². The van der Waals surface area contributed by atoms with Gasteiger partial charge in [0.25, 0.3) is 0 Å². The molecular weight excluding hydrogens is 414 g/mol. The van der Waals surface area contributed by atoms with Crippen molar-refractivity contribution in [1.82, 2.24) is 5.32 Å². The van der Waals surface area contributed by atoms with Gasteiger partial charge in [-0.05, 0) is 29.8 Å². The zero-order valence-corrected chi connectivity index (χ0v) is 17.9. The molecule has 3 rings (SSSR count). The Morgan fingerprint density at radius 1 is 1.09 bits per heavy atom. The van der Waals surface area contributed by atoms with Crippen LogP contribution in [0.2, 0.25) is 0 Å². The number of benzene rings is 2. The van der Waals surface area contributed by atoms with Gasteiger partial charge >= 0.3 is 5.97 Å². The molecule has 0 radical (unpaired) electrons. The zero-order chi connectivity index (χ0) is 23.1. The monoisotopic (exact) mass is 439 g/mol. The number of amides is 3. The van der Waals surface area contributed by atoms with Gasteiger partial charge in [0.05, 0.1) is 26.6 Å². The molecule has 1 aliphatic heterocycles. The molecule has 9 nitrogen and oxygen atoms in total. The summed E-state index contributed by atoms with van der Waals surface area (Å²) >= 11 is 0. The normalized spacial score (nSPS) is 15.2. The van der Waals surface area contributed by atoms with Crippen LogP contribution in [0.5, 0.6) is 5.75 Å². The third-order valence-corrected chi connectivity index (χ3v) is 5.10. The van der Waals surface area contributed by atoms with Crippen molar-refractivity contribution < 1.29 is 28.7 Å². The molecular formula is C23H25N3O6. The number of carbonyl (C=O) groups is 4. The average Bonchev–Trinajstić information content (AvgIpc) is 3.20. The van der Waals surface area contributed by atoms with Crippen LogP contribution in [0.4, 0.5) is 11.4 Å². The fourth-order valence-electron chi connectivity index (χ4n) is 3.35. The van der Waals surface area contributed by atoms with Crippen LogP contribution in [0.15, 0.2) is 48.5 Å². The van der Waals surface area contributed by atoms with E-state index in [1.54, 1.807) is 60.5 Å². The van der Waals surface area contributed by atoms with Crippen molar-refractivity contribution >= 4 is 35.1 Å². The third kappa shape index (κ3) is 5.84. The van der Waals surface area contributed by atoms with E-state index in [0.29, 0.717) is 17.1 Å². The predicted octanol–water partition coefficient (Wildman–Crippen LogP) is 1.52. The molecule has 2 aromatic rings. The first-order valence-electron chi connectivity index (χ1n) is 10.1. The summed E-state index contributed by atoms with van der Waals surface area (Å²) < 4.78 is 9.67. The van der Waals surface area contributed by atoms with Crippen LogP contribution >= 0.6 is 0 Å². The molecule has 1 heterocycles. The Labute approximate surface area is 185 Å². The molecule has 1 saturated heterocycles. The number of rotatable bonds is 8. The number of methoxy groups -OCH3 is 2. The van der Waals surface area contributed by atoms with Crippen molar-refractivity contribution in [3.05, 3.63) is 54.1 Å². The number of carbonyl (C=O) groups excluding carboxylic acids is 4. The van der Waals surface area contributed by atoms with E-state index in [2.05, 4.69) is 15.4 Å². The molecule has 0 aromatic heterocycles. The van der Waals surface area contributed by atoms with Gasteiger partial charge in [-0.3, -0.25) is 19.2 Å². The van der Waals surface area contributed by atoms with Gasteiger partial charge in [0.15, 0.2) is 0 Å². The second kappa shape index (κ2) is 10.4. The number of hydrogen-bond acceptors (Lipinski definition) is 6. The summed E-state index contributed by atoms with van der Waals surface area (Å²) in [6.07, 6.45) is 0.222. The molecule has 168 valence electrons. The summed E-state index contributed by atoms with van der Waals surface area (Å²) in [5, 5.41) is 5.29. The van der Waals surface area contributed by atoms with E-state index in [-0.39, 0.29) is 43.7 Å². The van der Waals surface area contributed by atoms with Gasteiger partial charge in [-0.25, -0.2) is 0 Å². The number of nitrogens with one attached hydrogen (secondary N) is 2. The van der Waals surface area contributed by atoms with Crippen molar-refractivity contribution in [2.45, 2.75) is 12.8 Å². The topological polar surface area (TPSA) is 114 Å². The van der Waals surface area contributed by atoms with Gasteiger partial charge in [0, 0.05) is 30.4 Å². The molecule has 2 aromatic carbocycles. The average molecular weight is 439 g/mol. The largest absolute Gasteiger partial charge is 0.497 e. The summed E-state index contributed by atoms with van der Waals surface area (Å²) in [5.41, 5.74) is 1.99. The van der Waals surface area contributed by atoms with Crippen molar-refractivity contribution in [2.24, 2.45) is 5.92 Å². The molecule has 32 heavy (non-hydrogen) atoms. The van der Waals surface area contributed by atoms with Crippen molar-refractivity contribution in [3.8, 4) is 5.75 Å². The van der Waals surface area contributed by atoms with Crippen LogP contribution in [-0.4, -0.2) is 51.0 Å². The Kier molecular flexibility index (Phi) is 7.43. The van der Waals surface area contributed by atoms with E-state index in [9.17, 15) is 19.2 Å². The van der Waals surface area contributed by atoms with Gasteiger partial charge < -0.3 is 25.0 Å². The minimum Gasteiger partial charge on any atom is -0.497 e. The summed E-state index contributed by atoms with van der Waals surface area (Å²) in [5.74, 6) is -1.03. The van der Waals surface area contributed by atoms with Crippen LogP contribution in [0, 0.1) is 5.92 Å². The van der Waals surface area contributed by atoms with E-state index < -0.39 is 11.9 Å². The second-order valence-electron chi connectivity index (χ2n) is 7.32. The molecule has 1 aliphatic rings. The van der Waals surface area contributed by atoms with Crippen molar-refractivity contribution in [3.63, 3.8) is 0 Å². The van der Waals surface area contributed by atoms with Crippen LogP contribution < -0.4 is 20.3 Å². The van der Waals surface area contributed by atoms with E-state index in [0.717, 1.165) is 5.56 Å². The lowest BCUT2D eigenvalue weighted by atomic mass is 10.1. The third-order valence-electron chi connectivity index (χ3n) is 5.10. The zero-order valence-electron chi connectivity index (χ0n) is 17.9. The van der Waals surface area contributed by atoms with Gasteiger partial charge in [-0.15, -0.1) is 0 Å². The first-order valence-corrected chi connectivity index (χ1v) is 10.1. The van der Waals surface area contributed by atoms with Crippen LogP contribution in [0.1, 0.15) is 12.0 Å². The Morgan fingerprint density at radius 3 is 2.53 bits per heavy atom. The Hall–Kier alpha value is -3.88. The summed E-state index contributed by atoms with van der Waals surface area (Å²) in [6.45, 7) is 0.104. The lowest BCUT2D eigenvalue weighted by molar-refractivity contribution is -0.141. The number of nitrogens with zero attached hydrogens (tertiary/aromatic N) is 1. The molecule has 1 atom stereocenters. The first kappa shape index (κ1) is 22.8. The molecule has 0 bridgehead atoms. The Balaban J connectivity index is 1.54. The molecule has 1 unspecified atom stereocenters. The fraction of sp³-hybridized carbons (Fsp3) is 0.304. The highest BCUT2D eigenvalue weighted by Crippen LogP contribution is 2.28. The SMILES string of the molecule is COC(=O)CNC(=O)Cc1ccc(NC(=O)C2CC(=O)N(c3cccc(OC)c3)C2)cc1. The fourth-order valence-corrected chi connectivity index (χ4v) is 3.35. The lowest BCUT2D eigenvalue weighted by Crippen LogP contribution is -2.31. The van der Waals surface area contributed by atoms with Gasteiger partial charge in [-0.1, -0.05) is 18.2 Å². The van der Waals surface area contributed by atoms with E-state index >= 15 is 0 Å². The predicted molar refractivity (Wildman–Crippen MR) is 117 cm³/mol. The Morgan fingerprint density at radius 2 is 1.84 bits per heavy atom. The number of anilines is 2. The minimum atomic E-state index is -0.522. The summed E-state index contributed by atoms with van der Waals surface area (Å²) in [7, 11) is 2.81. The lowest BCUT2D eigenvalue weighted by Gasteiger charge is -2.17. The van der Waals surface area contributed by atoms with Crippen LogP contribution in [0.25, 0.3) is 0 Å². The molecule has 1 fully saturated rings. The smallest absolute Gasteiger partial charge is 0.325 e. The minimum absolute atomic E-state index is 0.0951. The molecule has 3 amide bonds. The standard InChI is InChI=1S/C23H25N3O6/c1-31-19-5-3-4-18(12-19)26-14-16(11-21(26)28)23(30)25-17-8-6-15(7-9-17)10-20(27)24-13-22(29)32-2/h3-9,12,16H,10-11,13-14H2,1-2H3,(H,24,27)(H,25,30). The maximum atomic E-state index is 12.7. The molecule has 0 saturated carbocycles.